The summed E-state index contributed by atoms with van der Waals surface area (Å²) in [4.78, 5) is 12.5. The van der Waals surface area contributed by atoms with Gasteiger partial charge in [-0.1, -0.05) is 30.3 Å². The molecule has 128 valence electrons. The molecule has 1 saturated heterocycles. The number of carbonyl (C=O) groups excluding carboxylic acids is 1. The number of ether oxygens (including phenoxy) is 1. The van der Waals surface area contributed by atoms with Gasteiger partial charge in [-0.2, -0.15) is 5.10 Å². The highest BCUT2D eigenvalue weighted by Gasteiger charge is 2.29. The van der Waals surface area contributed by atoms with Crippen LogP contribution in [0.25, 0.3) is 0 Å². The zero-order valence-electron chi connectivity index (χ0n) is 14.1. The van der Waals surface area contributed by atoms with E-state index < -0.39 is 0 Å². The number of nitrogens with zero attached hydrogens (tertiary/aromatic N) is 2. The Morgan fingerprint density at radius 1 is 1.29 bits per heavy atom. The predicted molar refractivity (Wildman–Crippen MR) is 91.4 cm³/mol. The molecule has 0 aliphatic carbocycles. The summed E-state index contributed by atoms with van der Waals surface area (Å²) in [7, 11) is 1.86. The first kappa shape index (κ1) is 16.5. The van der Waals surface area contributed by atoms with Gasteiger partial charge in [0.15, 0.2) is 0 Å². The van der Waals surface area contributed by atoms with Crippen LogP contribution in [0.15, 0.2) is 42.7 Å². The summed E-state index contributed by atoms with van der Waals surface area (Å²) in [6, 6.07) is 9.53. The van der Waals surface area contributed by atoms with E-state index in [2.05, 4.69) is 15.7 Å². The molecule has 2 aromatic rings. The van der Waals surface area contributed by atoms with Crippen molar-refractivity contribution in [3.05, 3.63) is 53.9 Å². The highest BCUT2D eigenvalue weighted by atomic mass is 16.5. The quantitative estimate of drug-likeness (QED) is 0.887. The van der Waals surface area contributed by atoms with Crippen LogP contribution in [0.2, 0.25) is 0 Å². The van der Waals surface area contributed by atoms with Crippen LogP contribution in [0.4, 0.5) is 4.79 Å². The molecular formula is C18H24N4O2. The second kappa shape index (κ2) is 7.49. The van der Waals surface area contributed by atoms with E-state index in [0.717, 1.165) is 30.6 Å². The molecule has 2 N–H and O–H groups in total. The van der Waals surface area contributed by atoms with Gasteiger partial charge in [0.1, 0.15) is 0 Å². The fraction of sp³-hybridized carbons (Fsp3) is 0.444. The van der Waals surface area contributed by atoms with Crippen molar-refractivity contribution in [2.75, 3.05) is 6.61 Å². The van der Waals surface area contributed by atoms with E-state index in [1.165, 1.54) is 0 Å². The summed E-state index contributed by atoms with van der Waals surface area (Å²) in [6.45, 7) is 2.70. The zero-order valence-corrected chi connectivity index (χ0v) is 14.1. The number of hydrogen-bond acceptors (Lipinski definition) is 3. The van der Waals surface area contributed by atoms with Gasteiger partial charge in [-0.3, -0.25) is 4.68 Å². The maximum absolute atomic E-state index is 12.5. The van der Waals surface area contributed by atoms with E-state index in [1.54, 1.807) is 10.9 Å². The molecule has 6 nitrogen and oxygen atoms in total. The Labute approximate surface area is 142 Å². The molecular weight excluding hydrogens is 304 g/mol. The minimum absolute atomic E-state index is 0.0202. The summed E-state index contributed by atoms with van der Waals surface area (Å²) in [5.41, 5.74) is 2.04. The Morgan fingerprint density at radius 2 is 2.08 bits per heavy atom. The van der Waals surface area contributed by atoms with E-state index in [4.69, 9.17) is 4.74 Å². The van der Waals surface area contributed by atoms with Gasteiger partial charge in [-0.05, 0) is 25.3 Å². The molecule has 3 rings (SSSR count). The molecule has 1 aliphatic rings. The third-order valence-electron chi connectivity index (χ3n) is 4.35. The lowest BCUT2D eigenvalue weighted by molar-refractivity contribution is 0.0806. The number of benzene rings is 1. The average molecular weight is 328 g/mol. The Hall–Kier alpha value is -2.34. The van der Waals surface area contributed by atoms with Gasteiger partial charge >= 0.3 is 6.03 Å². The van der Waals surface area contributed by atoms with Gasteiger partial charge < -0.3 is 15.4 Å². The molecule has 1 aliphatic heterocycles. The minimum atomic E-state index is -0.198. The first-order valence-corrected chi connectivity index (χ1v) is 8.35. The molecule has 1 aromatic heterocycles. The number of amides is 2. The van der Waals surface area contributed by atoms with Crippen molar-refractivity contribution in [1.29, 1.82) is 0 Å². The van der Waals surface area contributed by atoms with E-state index in [9.17, 15) is 4.79 Å². The summed E-state index contributed by atoms with van der Waals surface area (Å²) in [5.74, 6) is 0. The first-order valence-electron chi connectivity index (χ1n) is 8.35. The molecule has 2 heterocycles. The fourth-order valence-corrected chi connectivity index (χ4v) is 3.04. The molecule has 6 heteroatoms. The van der Waals surface area contributed by atoms with Crippen molar-refractivity contribution in [2.45, 2.75) is 38.0 Å². The number of nitrogens with one attached hydrogen (secondary N) is 2. The normalized spacial score (nSPS) is 19.7. The smallest absolute Gasteiger partial charge is 0.315 e. The number of urea groups is 1. The Balaban J connectivity index is 1.66. The van der Waals surface area contributed by atoms with Crippen molar-refractivity contribution in [3.63, 3.8) is 0 Å². The SMILES string of the molecule is C[C@H](NC(=O)N[C@H](c1ccccc1)[C@@H]1CCCO1)c1cnn(C)c1. The second-order valence-electron chi connectivity index (χ2n) is 6.23. The van der Waals surface area contributed by atoms with Crippen LogP contribution >= 0.6 is 0 Å². The van der Waals surface area contributed by atoms with Gasteiger partial charge in [0.05, 0.1) is 24.4 Å². The van der Waals surface area contributed by atoms with Crippen LogP contribution in [-0.2, 0) is 11.8 Å². The second-order valence-corrected chi connectivity index (χ2v) is 6.23. The Morgan fingerprint density at radius 3 is 2.71 bits per heavy atom. The van der Waals surface area contributed by atoms with Crippen LogP contribution in [0.5, 0.6) is 0 Å². The molecule has 0 spiro atoms. The lowest BCUT2D eigenvalue weighted by atomic mass is 9.99. The molecule has 0 radical (unpaired) electrons. The molecule has 0 saturated carbocycles. The Bertz CT molecular complexity index is 665. The lowest BCUT2D eigenvalue weighted by Crippen LogP contribution is -2.43. The van der Waals surface area contributed by atoms with Crippen molar-refractivity contribution >= 4 is 6.03 Å². The van der Waals surface area contributed by atoms with Gasteiger partial charge in [0.25, 0.3) is 0 Å². The van der Waals surface area contributed by atoms with Crippen LogP contribution in [0.1, 0.15) is 43.0 Å². The van der Waals surface area contributed by atoms with Crippen LogP contribution in [0.3, 0.4) is 0 Å². The van der Waals surface area contributed by atoms with E-state index in [1.807, 2.05) is 50.5 Å². The molecule has 1 aromatic carbocycles. The molecule has 3 atom stereocenters. The number of aromatic nitrogens is 2. The molecule has 0 bridgehead atoms. The molecule has 24 heavy (non-hydrogen) atoms. The van der Waals surface area contributed by atoms with E-state index in [-0.39, 0.29) is 24.2 Å². The lowest BCUT2D eigenvalue weighted by Gasteiger charge is -2.25. The number of carbonyl (C=O) groups is 1. The highest BCUT2D eigenvalue weighted by Crippen LogP contribution is 2.27. The van der Waals surface area contributed by atoms with Gasteiger partial charge in [-0.15, -0.1) is 0 Å². The van der Waals surface area contributed by atoms with Crippen molar-refractivity contribution in [2.24, 2.45) is 7.05 Å². The first-order chi connectivity index (χ1) is 11.6. The number of rotatable bonds is 5. The van der Waals surface area contributed by atoms with E-state index >= 15 is 0 Å². The number of aryl methyl sites for hydroxylation is 1. The Kier molecular flexibility index (Phi) is 5.15. The largest absolute Gasteiger partial charge is 0.376 e. The van der Waals surface area contributed by atoms with E-state index in [0.29, 0.717) is 0 Å². The maximum Gasteiger partial charge on any atom is 0.315 e. The predicted octanol–water partition coefficient (Wildman–Crippen LogP) is 2.70. The third-order valence-corrected chi connectivity index (χ3v) is 4.35. The van der Waals surface area contributed by atoms with Crippen LogP contribution < -0.4 is 10.6 Å². The summed E-state index contributed by atoms with van der Waals surface area (Å²) >= 11 is 0. The van der Waals surface area contributed by atoms with Crippen molar-refractivity contribution in [1.82, 2.24) is 20.4 Å². The molecule has 0 unspecified atom stereocenters. The number of hydrogen-bond donors (Lipinski definition) is 2. The van der Waals surface area contributed by atoms with Gasteiger partial charge in [0, 0.05) is 25.4 Å². The summed E-state index contributed by atoms with van der Waals surface area (Å²) in [6.07, 6.45) is 5.67. The average Bonchev–Trinajstić information content (AvgIpc) is 3.25. The monoisotopic (exact) mass is 328 g/mol. The van der Waals surface area contributed by atoms with Gasteiger partial charge in [-0.25, -0.2) is 4.79 Å². The molecule has 2 amide bonds. The summed E-state index contributed by atoms with van der Waals surface area (Å²) < 4.78 is 7.53. The standard InChI is InChI=1S/C18H24N4O2/c1-13(15-11-19-22(2)12-15)20-18(23)21-17(16-9-6-10-24-16)14-7-4-3-5-8-14/h3-5,7-8,11-13,16-17H,6,9-10H2,1-2H3,(H2,20,21,23)/t13-,16-,17+/m0/s1. The third kappa shape index (κ3) is 3.94. The van der Waals surface area contributed by atoms with Gasteiger partial charge in [0.2, 0.25) is 0 Å². The van der Waals surface area contributed by atoms with Crippen molar-refractivity contribution < 1.29 is 9.53 Å². The minimum Gasteiger partial charge on any atom is -0.376 e. The zero-order chi connectivity index (χ0) is 16.9. The highest BCUT2D eigenvalue weighted by molar-refractivity contribution is 5.75. The van der Waals surface area contributed by atoms with Crippen molar-refractivity contribution in [3.8, 4) is 0 Å². The van der Waals surface area contributed by atoms with Crippen LogP contribution in [-0.4, -0.2) is 28.5 Å². The summed E-state index contributed by atoms with van der Waals surface area (Å²) in [5, 5.41) is 10.2. The maximum atomic E-state index is 12.5. The van der Waals surface area contributed by atoms with Crippen LogP contribution in [0, 0.1) is 0 Å². The molecule has 1 fully saturated rings. The fourth-order valence-electron chi connectivity index (χ4n) is 3.04. The topological polar surface area (TPSA) is 68.2 Å².